The average Bonchev–Trinajstić information content (AvgIpc) is 2.28. The number of halogens is 1. The zero-order chi connectivity index (χ0) is 13.3. The summed E-state index contributed by atoms with van der Waals surface area (Å²) >= 11 is 0. The molecule has 1 saturated heterocycles. The van der Waals surface area contributed by atoms with Gasteiger partial charge in [0, 0.05) is 13.1 Å². The number of hydrogen-bond donors (Lipinski definition) is 0. The summed E-state index contributed by atoms with van der Waals surface area (Å²) in [5.41, 5.74) is 0. The van der Waals surface area contributed by atoms with E-state index in [-0.39, 0.29) is 30.2 Å². The molecule has 1 aromatic carbocycles. The second-order valence-corrected chi connectivity index (χ2v) is 6.42. The van der Waals surface area contributed by atoms with Gasteiger partial charge in [0.05, 0.1) is 12.2 Å². The monoisotopic (exact) mass is 273 g/mol. The Balaban J connectivity index is 2.34. The van der Waals surface area contributed by atoms with Gasteiger partial charge in [0.1, 0.15) is 10.7 Å². The van der Waals surface area contributed by atoms with Crippen molar-refractivity contribution in [3.05, 3.63) is 30.1 Å². The number of hydrogen-bond acceptors (Lipinski definition) is 3. The highest BCUT2D eigenvalue weighted by molar-refractivity contribution is 7.89. The van der Waals surface area contributed by atoms with Crippen LogP contribution in [0.5, 0.6) is 0 Å². The van der Waals surface area contributed by atoms with E-state index in [9.17, 15) is 12.8 Å². The van der Waals surface area contributed by atoms with Gasteiger partial charge < -0.3 is 4.74 Å². The fourth-order valence-electron chi connectivity index (χ4n) is 2.12. The summed E-state index contributed by atoms with van der Waals surface area (Å²) in [6.45, 7) is 4.11. The first-order valence-corrected chi connectivity index (χ1v) is 7.25. The zero-order valence-electron chi connectivity index (χ0n) is 10.3. The van der Waals surface area contributed by atoms with Crippen molar-refractivity contribution >= 4 is 10.0 Å². The van der Waals surface area contributed by atoms with Gasteiger partial charge in [-0.3, -0.25) is 0 Å². The van der Waals surface area contributed by atoms with Gasteiger partial charge in [-0.05, 0) is 26.0 Å². The normalized spacial score (nSPS) is 26.2. The van der Waals surface area contributed by atoms with Crippen molar-refractivity contribution < 1.29 is 17.5 Å². The topological polar surface area (TPSA) is 46.6 Å². The first-order valence-electron chi connectivity index (χ1n) is 5.81. The Morgan fingerprint density at radius 1 is 1.22 bits per heavy atom. The van der Waals surface area contributed by atoms with Crippen LogP contribution in [-0.2, 0) is 14.8 Å². The van der Waals surface area contributed by atoms with Gasteiger partial charge in [-0.15, -0.1) is 0 Å². The van der Waals surface area contributed by atoms with Crippen LogP contribution in [0.3, 0.4) is 0 Å². The minimum Gasteiger partial charge on any atom is -0.373 e. The lowest BCUT2D eigenvalue weighted by atomic mass is 10.3. The summed E-state index contributed by atoms with van der Waals surface area (Å²) in [7, 11) is -3.78. The second kappa shape index (κ2) is 4.95. The smallest absolute Gasteiger partial charge is 0.246 e. The molecule has 6 heteroatoms. The van der Waals surface area contributed by atoms with E-state index in [0.29, 0.717) is 0 Å². The molecular weight excluding hydrogens is 257 g/mol. The van der Waals surface area contributed by atoms with E-state index in [1.165, 1.54) is 22.5 Å². The molecule has 0 spiro atoms. The third-order valence-corrected chi connectivity index (χ3v) is 4.71. The molecule has 100 valence electrons. The third kappa shape index (κ3) is 2.55. The van der Waals surface area contributed by atoms with Crippen LogP contribution in [0.4, 0.5) is 4.39 Å². The summed E-state index contributed by atoms with van der Waals surface area (Å²) in [6, 6.07) is 5.43. The van der Waals surface area contributed by atoms with Crippen molar-refractivity contribution in [2.24, 2.45) is 0 Å². The van der Waals surface area contributed by atoms with Crippen LogP contribution in [0.2, 0.25) is 0 Å². The van der Waals surface area contributed by atoms with E-state index in [1.807, 2.05) is 0 Å². The molecule has 18 heavy (non-hydrogen) atoms. The molecular formula is C12H16FNO3S. The lowest BCUT2D eigenvalue weighted by molar-refractivity contribution is -0.0441. The third-order valence-electron chi connectivity index (χ3n) is 2.84. The highest BCUT2D eigenvalue weighted by Gasteiger charge is 2.33. The van der Waals surface area contributed by atoms with E-state index in [1.54, 1.807) is 13.8 Å². The number of sulfonamides is 1. The van der Waals surface area contributed by atoms with Gasteiger partial charge in [-0.2, -0.15) is 4.31 Å². The maximum atomic E-state index is 13.6. The Morgan fingerprint density at radius 2 is 1.78 bits per heavy atom. The largest absolute Gasteiger partial charge is 0.373 e. The standard InChI is InChI=1S/C12H16FNO3S/c1-9-7-14(8-10(2)17-9)18(15,16)12-6-4-3-5-11(12)13/h3-6,9-10H,7-8H2,1-2H3. The average molecular weight is 273 g/mol. The van der Waals surface area contributed by atoms with Crippen molar-refractivity contribution in [2.75, 3.05) is 13.1 Å². The van der Waals surface area contributed by atoms with Crippen LogP contribution >= 0.6 is 0 Å². The molecule has 0 aliphatic carbocycles. The van der Waals surface area contributed by atoms with Crippen molar-refractivity contribution in [2.45, 2.75) is 31.0 Å². The molecule has 1 aliphatic rings. The van der Waals surface area contributed by atoms with E-state index in [4.69, 9.17) is 4.74 Å². The predicted molar refractivity (Wildman–Crippen MR) is 65.2 cm³/mol. The van der Waals surface area contributed by atoms with Crippen molar-refractivity contribution in [3.8, 4) is 0 Å². The summed E-state index contributed by atoms with van der Waals surface area (Å²) in [5, 5.41) is 0. The van der Waals surface area contributed by atoms with Crippen molar-refractivity contribution in [3.63, 3.8) is 0 Å². The Bertz CT molecular complexity index is 522. The molecule has 0 bridgehead atoms. The zero-order valence-corrected chi connectivity index (χ0v) is 11.2. The predicted octanol–water partition coefficient (Wildman–Crippen LogP) is 1.62. The molecule has 1 fully saturated rings. The minimum absolute atomic E-state index is 0.185. The molecule has 2 rings (SSSR count). The molecule has 0 N–H and O–H groups in total. The van der Waals surface area contributed by atoms with Gasteiger partial charge in [0.25, 0.3) is 0 Å². The molecule has 1 heterocycles. The Kier molecular flexibility index (Phi) is 3.70. The SMILES string of the molecule is CC1CN(S(=O)(=O)c2ccccc2F)CC(C)O1. The van der Waals surface area contributed by atoms with E-state index in [2.05, 4.69) is 0 Å². The molecule has 4 nitrogen and oxygen atoms in total. The van der Waals surface area contributed by atoms with Gasteiger partial charge in [0.15, 0.2) is 0 Å². The highest BCUT2D eigenvalue weighted by atomic mass is 32.2. The van der Waals surface area contributed by atoms with Crippen LogP contribution < -0.4 is 0 Å². The Labute approximate surface area is 106 Å². The Morgan fingerprint density at radius 3 is 2.33 bits per heavy atom. The molecule has 0 radical (unpaired) electrons. The quantitative estimate of drug-likeness (QED) is 0.822. The van der Waals surface area contributed by atoms with Crippen LogP contribution in [0.1, 0.15) is 13.8 Å². The molecule has 1 aliphatic heterocycles. The number of benzene rings is 1. The lowest BCUT2D eigenvalue weighted by Gasteiger charge is -2.34. The maximum Gasteiger partial charge on any atom is 0.246 e. The fourth-order valence-corrected chi connectivity index (χ4v) is 3.78. The van der Waals surface area contributed by atoms with E-state index < -0.39 is 15.8 Å². The van der Waals surface area contributed by atoms with Gasteiger partial charge in [-0.1, -0.05) is 12.1 Å². The van der Waals surface area contributed by atoms with Gasteiger partial charge in [-0.25, -0.2) is 12.8 Å². The van der Waals surface area contributed by atoms with Gasteiger partial charge in [0.2, 0.25) is 10.0 Å². The van der Waals surface area contributed by atoms with Crippen molar-refractivity contribution in [1.29, 1.82) is 0 Å². The summed E-state index contributed by atoms with van der Waals surface area (Å²) in [4.78, 5) is -0.272. The van der Waals surface area contributed by atoms with Crippen molar-refractivity contribution in [1.82, 2.24) is 4.31 Å². The lowest BCUT2D eigenvalue weighted by Crippen LogP contribution is -2.48. The molecule has 2 atom stereocenters. The van der Waals surface area contributed by atoms with E-state index >= 15 is 0 Å². The van der Waals surface area contributed by atoms with E-state index in [0.717, 1.165) is 6.07 Å². The number of nitrogens with zero attached hydrogens (tertiary/aromatic N) is 1. The van der Waals surface area contributed by atoms with Crippen LogP contribution in [0, 0.1) is 5.82 Å². The van der Waals surface area contributed by atoms with Crippen LogP contribution in [0.25, 0.3) is 0 Å². The summed E-state index contributed by atoms with van der Waals surface area (Å²) in [6.07, 6.45) is -0.370. The minimum atomic E-state index is -3.78. The Hall–Kier alpha value is -0.980. The molecule has 2 unspecified atom stereocenters. The highest BCUT2D eigenvalue weighted by Crippen LogP contribution is 2.22. The van der Waals surface area contributed by atoms with Crippen LogP contribution in [0.15, 0.2) is 29.2 Å². The molecule has 0 amide bonds. The fraction of sp³-hybridized carbons (Fsp3) is 0.500. The second-order valence-electron chi connectivity index (χ2n) is 4.51. The molecule has 0 aromatic heterocycles. The first kappa shape index (κ1) is 13.5. The number of ether oxygens (including phenoxy) is 1. The first-order chi connectivity index (χ1) is 8.41. The van der Waals surface area contributed by atoms with Crippen LogP contribution in [-0.4, -0.2) is 38.0 Å². The molecule has 1 aromatic rings. The maximum absolute atomic E-state index is 13.6. The summed E-state index contributed by atoms with van der Waals surface area (Å²) in [5.74, 6) is -0.718. The number of morpholine rings is 1. The number of rotatable bonds is 2. The van der Waals surface area contributed by atoms with Gasteiger partial charge >= 0.3 is 0 Å². The summed E-state index contributed by atoms with van der Waals surface area (Å²) < 4.78 is 45.0. The molecule has 0 saturated carbocycles.